The highest BCUT2D eigenvalue weighted by molar-refractivity contribution is 8.04. The van der Waals surface area contributed by atoms with Gasteiger partial charge in [0, 0.05) is 22.2 Å². The smallest absolute Gasteiger partial charge is 0.272 e. The minimum atomic E-state index is -0.665. The van der Waals surface area contributed by atoms with Crippen LogP contribution < -0.4 is 24.4 Å². The van der Waals surface area contributed by atoms with Crippen LogP contribution >= 0.6 is 11.8 Å². The zero-order valence-corrected chi connectivity index (χ0v) is 21.3. The van der Waals surface area contributed by atoms with Crippen molar-refractivity contribution in [3.63, 3.8) is 0 Å². The molecule has 0 radical (unpaired) electrons. The molecule has 0 saturated heterocycles. The summed E-state index contributed by atoms with van der Waals surface area (Å²) in [4.78, 5) is 30.2. The number of fused-ring (bicyclic) bond motifs is 1. The van der Waals surface area contributed by atoms with Crippen LogP contribution in [-0.4, -0.2) is 33.1 Å². The number of rotatable bonds is 6. The first kappa shape index (κ1) is 23.8. The summed E-state index contributed by atoms with van der Waals surface area (Å²) < 4.78 is 16.7. The van der Waals surface area contributed by atoms with Gasteiger partial charge in [0.1, 0.15) is 5.75 Å². The molecule has 2 aliphatic heterocycles. The van der Waals surface area contributed by atoms with Crippen molar-refractivity contribution in [2.75, 3.05) is 31.5 Å². The van der Waals surface area contributed by atoms with Crippen LogP contribution in [0.25, 0.3) is 0 Å². The van der Waals surface area contributed by atoms with Gasteiger partial charge in [-0.05, 0) is 42.3 Å². The fourth-order valence-electron chi connectivity index (χ4n) is 4.52. The molecule has 184 valence electrons. The van der Waals surface area contributed by atoms with Crippen molar-refractivity contribution in [1.29, 1.82) is 0 Å². The Morgan fingerprint density at radius 1 is 0.861 bits per heavy atom. The maximum atomic E-state index is 14.0. The lowest BCUT2D eigenvalue weighted by Gasteiger charge is -2.25. The number of carbonyl (C=O) groups excluding carboxylic acids is 2. The number of thioether (sulfide) groups is 1. The number of hydrogen-bond acceptors (Lipinski definition) is 7. The minimum absolute atomic E-state index is 0.341. The molecule has 36 heavy (non-hydrogen) atoms. The Balaban J connectivity index is 1.68. The highest BCUT2D eigenvalue weighted by Gasteiger charge is 2.46. The maximum absolute atomic E-state index is 14.0. The van der Waals surface area contributed by atoms with Crippen molar-refractivity contribution < 1.29 is 23.8 Å². The standard InChI is InChI=1S/C28H26N2O5S/c1-5-16-10-12-17(13-11-16)30-27(31)24-25(18-14-21(34-3)22(35-4)15-20(18)33-2)29-19-8-6-7-9-23(19)36-26(24)28(30)32/h6-15,25,29H,5H2,1-4H3. The molecule has 0 saturated carbocycles. The Bertz CT molecular complexity index is 1380. The third kappa shape index (κ3) is 3.87. The van der Waals surface area contributed by atoms with Crippen molar-refractivity contribution in [1.82, 2.24) is 0 Å². The lowest BCUT2D eigenvalue weighted by Crippen LogP contribution is -2.33. The number of methoxy groups -OCH3 is 3. The Labute approximate surface area is 214 Å². The van der Waals surface area contributed by atoms with E-state index in [0.29, 0.717) is 39.0 Å². The van der Waals surface area contributed by atoms with Crippen molar-refractivity contribution in [2.45, 2.75) is 24.3 Å². The van der Waals surface area contributed by atoms with Gasteiger partial charge in [-0.25, -0.2) is 4.90 Å². The van der Waals surface area contributed by atoms with Crippen molar-refractivity contribution in [3.8, 4) is 17.2 Å². The molecular formula is C28H26N2O5S. The molecule has 7 nitrogen and oxygen atoms in total. The number of nitrogens with one attached hydrogen (secondary N) is 1. The second kappa shape index (κ2) is 9.62. The Morgan fingerprint density at radius 2 is 1.53 bits per heavy atom. The van der Waals surface area contributed by atoms with Gasteiger partial charge in [0.05, 0.1) is 43.5 Å². The average Bonchev–Trinajstić information content (AvgIpc) is 3.05. The first-order valence-corrected chi connectivity index (χ1v) is 12.4. The van der Waals surface area contributed by atoms with Crippen LogP contribution in [0, 0.1) is 0 Å². The van der Waals surface area contributed by atoms with E-state index < -0.39 is 6.04 Å². The molecule has 0 aromatic heterocycles. The van der Waals surface area contributed by atoms with Crippen molar-refractivity contribution >= 4 is 35.0 Å². The Hall–Kier alpha value is -3.91. The van der Waals surface area contributed by atoms with Gasteiger partial charge in [0.25, 0.3) is 11.8 Å². The molecule has 2 aliphatic rings. The van der Waals surface area contributed by atoms with Crippen LogP contribution in [0.1, 0.15) is 24.1 Å². The maximum Gasteiger partial charge on any atom is 0.272 e. The highest BCUT2D eigenvalue weighted by Crippen LogP contribution is 2.50. The molecule has 1 atom stereocenters. The van der Waals surface area contributed by atoms with Crippen molar-refractivity contribution in [3.05, 3.63) is 82.3 Å². The molecule has 3 aromatic carbocycles. The lowest BCUT2D eigenvalue weighted by molar-refractivity contribution is -0.120. The summed E-state index contributed by atoms with van der Waals surface area (Å²) in [6.45, 7) is 2.06. The normalized spacial score (nSPS) is 16.8. The third-order valence-electron chi connectivity index (χ3n) is 6.41. The molecule has 5 rings (SSSR count). The summed E-state index contributed by atoms with van der Waals surface area (Å²) in [5.41, 5.74) is 3.52. The summed E-state index contributed by atoms with van der Waals surface area (Å²) in [6.07, 6.45) is 0.870. The highest BCUT2D eigenvalue weighted by atomic mass is 32.2. The van der Waals surface area contributed by atoms with Crippen LogP contribution in [0.4, 0.5) is 11.4 Å². The van der Waals surface area contributed by atoms with Gasteiger partial charge in [0.2, 0.25) is 0 Å². The predicted octanol–water partition coefficient (Wildman–Crippen LogP) is 5.36. The summed E-state index contributed by atoms with van der Waals surface area (Å²) in [6, 6.07) is 18.1. The van der Waals surface area contributed by atoms with E-state index in [9.17, 15) is 9.59 Å². The van der Waals surface area contributed by atoms with Gasteiger partial charge < -0.3 is 19.5 Å². The average molecular weight is 503 g/mol. The SMILES string of the molecule is CCc1ccc(N2C(=O)C3=C(C2=O)C(c2cc(OC)c(OC)cc2OC)Nc2ccccc2S3)cc1. The summed E-state index contributed by atoms with van der Waals surface area (Å²) in [5, 5.41) is 3.50. The van der Waals surface area contributed by atoms with E-state index in [-0.39, 0.29) is 11.8 Å². The molecule has 3 aromatic rings. The third-order valence-corrected chi connectivity index (χ3v) is 7.59. The summed E-state index contributed by atoms with van der Waals surface area (Å²) in [7, 11) is 4.66. The van der Waals surface area contributed by atoms with E-state index in [1.54, 1.807) is 33.5 Å². The Kier molecular flexibility index (Phi) is 6.36. The fraction of sp³-hybridized carbons (Fsp3) is 0.214. The first-order valence-electron chi connectivity index (χ1n) is 11.6. The van der Waals surface area contributed by atoms with E-state index in [4.69, 9.17) is 14.2 Å². The van der Waals surface area contributed by atoms with Gasteiger partial charge in [-0.15, -0.1) is 0 Å². The van der Waals surface area contributed by atoms with E-state index >= 15 is 0 Å². The number of ether oxygens (including phenoxy) is 3. The fourth-order valence-corrected chi connectivity index (χ4v) is 5.62. The molecule has 1 unspecified atom stereocenters. The molecule has 2 amide bonds. The number of aryl methyl sites for hydroxylation is 1. The zero-order chi connectivity index (χ0) is 25.4. The van der Waals surface area contributed by atoms with Gasteiger partial charge >= 0.3 is 0 Å². The predicted molar refractivity (Wildman–Crippen MR) is 140 cm³/mol. The number of para-hydroxylation sites is 1. The quantitative estimate of drug-likeness (QED) is 0.455. The lowest BCUT2D eigenvalue weighted by atomic mass is 9.96. The molecule has 8 heteroatoms. The number of hydrogen-bond donors (Lipinski definition) is 1. The van der Waals surface area contributed by atoms with Crippen LogP contribution in [0.2, 0.25) is 0 Å². The van der Waals surface area contributed by atoms with Crippen LogP contribution in [-0.2, 0) is 16.0 Å². The molecule has 2 heterocycles. The molecule has 0 spiro atoms. The van der Waals surface area contributed by atoms with Crippen LogP contribution in [0.5, 0.6) is 17.2 Å². The summed E-state index contributed by atoms with van der Waals surface area (Å²) in [5.74, 6) is 0.793. The van der Waals surface area contributed by atoms with Gasteiger partial charge in [-0.2, -0.15) is 0 Å². The zero-order valence-electron chi connectivity index (χ0n) is 20.5. The minimum Gasteiger partial charge on any atom is -0.496 e. The second-order valence-corrected chi connectivity index (χ2v) is 9.39. The molecule has 0 fully saturated rings. The second-order valence-electron chi connectivity index (χ2n) is 8.33. The number of amides is 2. The van der Waals surface area contributed by atoms with E-state index in [0.717, 1.165) is 22.6 Å². The van der Waals surface area contributed by atoms with Gasteiger partial charge in [0.15, 0.2) is 11.5 Å². The van der Waals surface area contributed by atoms with Gasteiger partial charge in [-0.3, -0.25) is 9.59 Å². The van der Waals surface area contributed by atoms with E-state index in [1.807, 2.05) is 48.5 Å². The number of nitrogens with zero attached hydrogens (tertiary/aromatic N) is 1. The number of imide groups is 1. The van der Waals surface area contributed by atoms with Crippen LogP contribution in [0.3, 0.4) is 0 Å². The molecular weight excluding hydrogens is 476 g/mol. The molecule has 1 N–H and O–H groups in total. The monoisotopic (exact) mass is 502 g/mol. The number of carbonyl (C=O) groups is 2. The first-order chi connectivity index (χ1) is 17.5. The number of anilines is 2. The van der Waals surface area contributed by atoms with E-state index in [2.05, 4.69) is 12.2 Å². The van der Waals surface area contributed by atoms with Crippen molar-refractivity contribution in [2.24, 2.45) is 0 Å². The number of benzene rings is 3. The summed E-state index contributed by atoms with van der Waals surface area (Å²) >= 11 is 1.30. The Morgan fingerprint density at radius 3 is 2.19 bits per heavy atom. The van der Waals surface area contributed by atoms with Crippen LogP contribution in [0.15, 0.2) is 76.0 Å². The largest absolute Gasteiger partial charge is 0.496 e. The molecule has 0 bridgehead atoms. The van der Waals surface area contributed by atoms with E-state index in [1.165, 1.54) is 16.7 Å². The topological polar surface area (TPSA) is 77.1 Å². The molecule has 0 aliphatic carbocycles. The van der Waals surface area contributed by atoms with Gasteiger partial charge in [-0.1, -0.05) is 43.0 Å².